The third-order valence-corrected chi connectivity index (χ3v) is 8.07. The zero-order chi connectivity index (χ0) is 25.7. The quantitative estimate of drug-likeness (QED) is 0.365. The summed E-state index contributed by atoms with van der Waals surface area (Å²) in [6.07, 6.45) is 3.45. The fraction of sp³-hybridized carbons (Fsp3) is 0.125. The maximum atomic E-state index is 12.9. The lowest BCUT2D eigenvalue weighted by atomic mass is 10.1. The number of alkyl halides is 3. The highest BCUT2D eigenvalue weighted by atomic mass is 32.2. The molecule has 0 spiro atoms. The molecule has 0 fully saturated rings. The maximum Gasteiger partial charge on any atom is 0.404 e. The van der Waals surface area contributed by atoms with E-state index in [4.69, 9.17) is 0 Å². The van der Waals surface area contributed by atoms with Crippen LogP contribution < -0.4 is 4.72 Å². The molecule has 0 aromatic carbocycles. The molecule has 36 heavy (non-hydrogen) atoms. The van der Waals surface area contributed by atoms with Crippen LogP contribution in [0.15, 0.2) is 71.2 Å². The van der Waals surface area contributed by atoms with E-state index in [9.17, 15) is 26.9 Å². The molecule has 1 atom stereocenters. The van der Waals surface area contributed by atoms with Gasteiger partial charge < -0.3 is 0 Å². The molecule has 4 heterocycles. The van der Waals surface area contributed by atoms with Crippen LogP contribution in [0.4, 0.5) is 13.2 Å². The molecule has 0 aliphatic heterocycles. The van der Waals surface area contributed by atoms with Gasteiger partial charge in [-0.25, -0.2) is 13.4 Å². The van der Waals surface area contributed by atoms with E-state index in [1.165, 1.54) is 17.4 Å². The van der Waals surface area contributed by atoms with Gasteiger partial charge in [-0.1, -0.05) is 12.1 Å². The van der Waals surface area contributed by atoms with Crippen LogP contribution >= 0.6 is 11.3 Å². The molecule has 4 aromatic heterocycles. The highest BCUT2D eigenvalue weighted by Crippen LogP contribution is 2.38. The van der Waals surface area contributed by atoms with Gasteiger partial charge in [-0.15, -0.1) is 11.3 Å². The Labute approximate surface area is 207 Å². The van der Waals surface area contributed by atoms with Crippen molar-refractivity contribution >= 4 is 38.1 Å². The number of hydrogen-bond acceptors (Lipinski definition) is 6. The SMILES string of the molecule is C[C@@H](NS(=O)(=O)c1ccc(-c2c(C#N)c3cc(-c4cccs4)cnc3n2C2=CC=C2)nc1)C(F)(F)F. The Hall–Kier alpha value is -3.79. The van der Waals surface area contributed by atoms with E-state index in [1.807, 2.05) is 41.8 Å². The number of thiophene rings is 1. The lowest BCUT2D eigenvalue weighted by molar-refractivity contribution is -0.147. The number of aromatic nitrogens is 3. The Morgan fingerprint density at radius 2 is 1.97 bits per heavy atom. The number of pyridine rings is 2. The Balaban J connectivity index is 1.62. The molecule has 1 N–H and O–H groups in total. The van der Waals surface area contributed by atoms with Gasteiger partial charge in [-0.05, 0) is 48.7 Å². The van der Waals surface area contributed by atoms with Gasteiger partial charge in [0.2, 0.25) is 10.0 Å². The first-order chi connectivity index (χ1) is 17.1. The summed E-state index contributed by atoms with van der Waals surface area (Å²) in [5.74, 6) is 0. The summed E-state index contributed by atoms with van der Waals surface area (Å²) < 4.78 is 66.8. The first-order valence-corrected chi connectivity index (χ1v) is 12.9. The van der Waals surface area contributed by atoms with Crippen LogP contribution in [0.1, 0.15) is 12.5 Å². The maximum absolute atomic E-state index is 12.9. The van der Waals surface area contributed by atoms with E-state index in [2.05, 4.69) is 16.0 Å². The number of sulfonamides is 1. The fourth-order valence-electron chi connectivity index (χ4n) is 3.73. The second-order valence-corrected chi connectivity index (χ2v) is 10.6. The van der Waals surface area contributed by atoms with Gasteiger partial charge in [0.1, 0.15) is 22.7 Å². The van der Waals surface area contributed by atoms with Crippen molar-refractivity contribution in [1.29, 1.82) is 5.26 Å². The molecule has 182 valence electrons. The van der Waals surface area contributed by atoms with E-state index >= 15 is 0 Å². The number of nitrogens with zero attached hydrogens (tertiary/aromatic N) is 4. The number of allylic oxidation sites excluding steroid dienone is 4. The second-order valence-electron chi connectivity index (χ2n) is 7.96. The number of halogens is 3. The van der Waals surface area contributed by atoms with Crippen LogP contribution in [-0.2, 0) is 10.0 Å². The summed E-state index contributed by atoms with van der Waals surface area (Å²) in [5, 5.41) is 12.6. The highest BCUT2D eigenvalue weighted by Gasteiger charge is 2.39. The smallest absolute Gasteiger partial charge is 0.291 e. The van der Waals surface area contributed by atoms with E-state index in [0.717, 1.165) is 28.4 Å². The summed E-state index contributed by atoms with van der Waals surface area (Å²) in [6, 6.07) is 8.21. The standard InChI is InChI=1S/C24H16F3N5O2S2/c1-14(24(25,26)27)31-36(33,34)17-7-8-20(29-13-17)22-19(11-28)18-10-15(21-6-3-9-35-21)12-30-23(18)32(22)16-4-2-5-16/h2-10,12-14,31H,1H3/t14-/m1/s1. The van der Waals surface area contributed by atoms with Crippen molar-refractivity contribution in [2.24, 2.45) is 0 Å². The second kappa shape index (κ2) is 8.70. The van der Waals surface area contributed by atoms with E-state index in [-0.39, 0.29) is 5.69 Å². The van der Waals surface area contributed by atoms with Crippen LogP contribution in [0.5, 0.6) is 0 Å². The Morgan fingerprint density at radius 1 is 1.19 bits per heavy atom. The molecule has 4 aromatic rings. The van der Waals surface area contributed by atoms with Crippen LogP contribution in [0.25, 0.3) is 38.6 Å². The Bertz CT molecular complexity index is 1680. The fourth-order valence-corrected chi connectivity index (χ4v) is 5.61. The van der Waals surface area contributed by atoms with E-state index in [1.54, 1.807) is 15.5 Å². The molecule has 0 saturated carbocycles. The zero-order valence-electron chi connectivity index (χ0n) is 18.5. The molecule has 7 nitrogen and oxygen atoms in total. The van der Waals surface area contributed by atoms with Crippen molar-refractivity contribution in [1.82, 2.24) is 19.3 Å². The zero-order valence-corrected chi connectivity index (χ0v) is 20.1. The minimum Gasteiger partial charge on any atom is -0.291 e. The minimum atomic E-state index is -4.73. The number of hydrogen-bond donors (Lipinski definition) is 1. The molecule has 1 aliphatic rings. The first kappa shape index (κ1) is 23.9. The Kier molecular flexibility index (Phi) is 5.78. The summed E-state index contributed by atoms with van der Waals surface area (Å²) in [6.45, 7) is 0.717. The minimum absolute atomic E-state index is 0.270. The highest BCUT2D eigenvalue weighted by molar-refractivity contribution is 7.89. The van der Waals surface area contributed by atoms with Crippen LogP contribution in [0.2, 0.25) is 0 Å². The van der Waals surface area contributed by atoms with Crippen molar-refractivity contribution in [2.45, 2.75) is 24.0 Å². The summed E-state index contributed by atoms with van der Waals surface area (Å²) in [4.78, 5) is 9.38. The van der Waals surface area contributed by atoms with Crippen molar-refractivity contribution in [3.63, 3.8) is 0 Å². The van der Waals surface area contributed by atoms with Crippen LogP contribution in [0.3, 0.4) is 0 Å². The number of rotatable bonds is 6. The molecule has 5 rings (SSSR count). The average Bonchev–Trinajstić information content (AvgIpc) is 3.44. The van der Waals surface area contributed by atoms with Gasteiger partial charge >= 0.3 is 6.18 Å². The monoisotopic (exact) mass is 527 g/mol. The third kappa shape index (κ3) is 4.11. The van der Waals surface area contributed by atoms with Crippen molar-refractivity contribution < 1.29 is 21.6 Å². The molecule has 12 heteroatoms. The van der Waals surface area contributed by atoms with Gasteiger partial charge in [0.15, 0.2) is 0 Å². The van der Waals surface area contributed by atoms with Gasteiger partial charge in [-0.3, -0.25) is 9.55 Å². The van der Waals surface area contributed by atoms with Gasteiger partial charge in [0.05, 0.1) is 17.0 Å². The van der Waals surface area contributed by atoms with Gasteiger partial charge in [0.25, 0.3) is 0 Å². The molecule has 0 saturated heterocycles. The van der Waals surface area contributed by atoms with Crippen molar-refractivity contribution in [2.75, 3.05) is 0 Å². The molecular formula is C24H16F3N5O2S2. The lowest BCUT2D eigenvalue weighted by Crippen LogP contribution is -2.42. The summed E-state index contributed by atoms with van der Waals surface area (Å²) in [7, 11) is -4.47. The molecule has 0 radical (unpaired) electrons. The normalized spacial score (nSPS) is 14.4. The number of fused-ring (bicyclic) bond motifs is 1. The summed E-state index contributed by atoms with van der Waals surface area (Å²) in [5.41, 5.74) is 3.09. The topological polar surface area (TPSA) is 101 Å². The van der Waals surface area contributed by atoms with Crippen LogP contribution in [-0.4, -0.2) is 35.2 Å². The lowest BCUT2D eigenvalue weighted by Gasteiger charge is -2.17. The van der Waals surface area contributed by atoms with E-state index < -0.39 is 27.1 Å². The van der Waals surface area contributed by atoms with Crippen molar-refractivity contribution in [3.05, 3.63) is 71.9 Å². The van der Waals surface area contributed by atoms with Crippen LogP contribution in [0, 0.1) is 11.3 Å². The molecule has 1 aliphatic carbocycles. The summed E-state index contributed by atoms with van der Waals surface area (Å²) >= 11 is 1.54. The number of nitriles is 1. The molecule has 0 unspecified atom stereocenters. The predicted octanol–water partition coefficient (Wildman–Crippen LogP) is 5.34. The number of nitrogens with one attached hydrogen (secondary N) is 1. The predicted molar refractivity (Wildman–Crippen MR) is 130 cm³/mol. The largest absolute Gasteiger partial charge is 0.404 e. The van der Waals surface area contributed by atoms with Gasteiger partial charge in [-0.2, -0.15) is 23.2 Å². The Morgan fingerprint density at radius 3 is 2.53 bits per heavy atom. The molecular weight excluding hydrogens is 511 g/mol. The molecule has 0 amide bonds. The third-order valence-electron chi connectivity index (χ3n) is 5.63. The molecule has 0 bridgehead atoms. The van der Waals surface area contributed by atoms with Crippen molar-refractivity contribution in [3.8, 4) is 27.9 Å². The van der Waals surface area contributed by atoms with E-state index in [0.29, 0.717) is 29.2 Å². The van der Waals surface area contributed by atoms with Gasteiger partial charge in [0, 0.05) is 33.9 Å². The average molecular weight is 528 g/mol. The first-order valence-electron chi connectivity index (χ1n) is 10.5.